The zero-order chi connectivity index (χ0) is 12.5. The Morgan fingerprint density at radius 2 is 2.12 bits per heavy atom. The molecule has 17 heavy (non-hydrogen) atoms. The molecule has 0 aliphatic heterocycles. The molecule has 3 heteroatoms. The van der Waals surface area contributed by atoms with Crippen LogP contribution in [0.2, 0.25) is 0 Å². The van der Waals surface area contributed by atoms with Crippen LogP contribution < -0.4 is 14.8 Å². The van der Waals surface area contributed by atoms with Crippen molar-refractivity contribution >= 4 is 6.08 Å². The van der Waals surface area contributed by atoms with E-state index in [1.807, 2.05) is 37.3 Å². The highest BCUT2D eigenvalue weighted by atomic mass is 16.5. The molecule has 0 aliphatic rings. The SMILES string of the molecule is C/C=C/c1ccc(OCCNCC)c(OC)c1. The number of hydrogen-bond donors (Lipinski definition) is 1. The van der Waals surface area contributed by atoms with Gasteiger partial charge in [0.1, 0.15) is 6.61 Å². The zero-order valence-electron chi connectivity index (χ0n) is 10.8. The summed E-state index contributed by atoms with van der Waals surface area (Å²) in [5.74, 6) is 1.57. The molecule has 0 fully saturated rings. The van der Waals surface area contributed by atoms with Crippen LogP contribution in [0.25, 0.3) is 6.08 Å². The first kappa shape index (κ1) is 13.6. The van der Waals surface area contributed by atoms with Crippen molar-refractivity contribution < 1.29 is 9.47 Å². The molecule has 0 radical (unpaired) electrons. The topological polar surface area (TPSA) is 30.5 Å². The molecule has 0 saturated carbocycles. The van der Waals surface area contributed by atoms with Crippen LogP contribution in [0.15, 0.2) is 24.3 Å². The lowest BCUT2D eigenvalue weighted by Gasteiger charge is -2.11. The quantitative estimate of drug-likeness (QED) is 0.737. The molecular formula is C14H21NO2. The number of nitrogens with one attached hydrogen (secondary N) is 1. The number of allylic oxidation sites excluding steroid dienone is 1. The summed E-state index contributed by atoms with van der Waals surface area (Å²) in [5.41, 5.74) is 1.11. The average molecular weight is 235 g/mol. The molecule has 3 nitrogen and oxygen atoms in total. The fraction of sp³-hybridized carbons (Fsp3) is 0.429. The summed E-state index contributed by atoms with van der Waals surface area (Å²) in [6.45, 7) is 6.52. The van der Waals surface area contributed by atoms with E-state index < -0.39 is 0 Å². The zero-order valence-corrected chi connectivity index (χ0v) is 10.8. The van der Waals surface area contributed by atoms with E-state index in [0.29, 0.717) is 6.61 Å². The van der Waals surface area contributed by atoms with Crippen LogP contribution in [0, 0.1) is 0 Å². The van der Waals surface area contributed by atoms with Crippen LogP contribution in [0.3, 0.4) is 0 Å². The molecule has 0 aromatic heterocycles. The second-order valence-electron chi connectivity index (χ2n) is 3.61. The van der Waals surface area contributed by atoms with E-state index in [-0.39, 0.29) is 0 Å². The maximum atomic E-state index is 5.65. The lowest BCUT2D eigenvalue weighted by molar-refractivity contribution is 0.293. The van der Waals surface area contributed by atoms with Gasteiger partial charge in [0, 0.05) is 6.54 Å². The van der Waals surface area contributed by atoms with Gasteiger partial charge in [0.25, 0.3) is 0 Å². The number of ether oxygens (including phenoxy) is 2. The Labute approximate surface area is 103 Å². The number of hydrogen-bond acceptors (Lipinski definition) is 3. The minimum atomic E-state index is 0.646. The van der Waals surface area contributed by atoms with Gasteiger partial charge in [0.2, 0.25) is 0 Å². The van der Waals surface area contributed by atoms with E-state index in [0.717, 1.165) is 30.2 Å². The molecule has 1 N–H and O–H groups in total. The predicted molar refractivity (Wildman–Crippen MR) is 71.7 cm³/mol. The minimum Gasteiger partial charge on any atom is -0.493 e. The summed E-state index contributed by atoms with van der Waals surface area (Å²) in [4.78, 5) is 0. The maximum absolute atomic E-state index is 5.65. The molecule has 0 spiro atoms. The summed E-state index contributed by atoms with van der Waals surface area (Å²) in [6, 6.07) is 5.94. The fourth-order valence-corrected chi connectivity index (χ4v) is 1.51. The van der Waals surface area contributed by atoms with Gasteiger partial charge in [-0.2, -0.15) is 0 Å². The normalized spacial score (nSPS) is 10.8. The van der Waals surface area contributed by atoms with E-state index in [4.69, 9.17) is 9.47 Å². The Morgan fingerprint density at radius 3 is 2.76 bits per heavy atom. The van der Waals surface area contributed by atoms with Crippen molar-refractivity contribution in [1.82, 2.24) is 5.32 Å². The van der Waals surface area contributed by atoms with Gasteiger partial charge in [-0.25, -0.2) is 0 Å². The largest absolute Gasteiger partial charge is 0.493 e. The van der Waals surface area contributed by atoms with Crippen LogP contribution in [-0.2, 0) is 0 Å². The number of benzene rings is 1. The van der Waals surface area contributed by atoms with Gasteiger partial charge in [-0.05, 0) is 31.2 Å². The minimum absolute atomic E-state index is 0.646. The van der Waals surface area contributed by atoms with Crippen molar-refractivity contribution in [1.29, 1.82) is 0 Å². The van der Waals surface area contributed by atoms with Crippen molar-refractivity contribution in [2.45, 2.75) is 13.8 Å². The van der Waals surface area contributed by atoms with Gasteiger partial charge >= 0.3 is 0 Å². The molecule has 0 saturated heterocycles. The number of methoxy groups -OCH3 is 1. The third kappa shape index (κ3) is 4.49. The Morgan fingerprint density at radius 1 is 1.29 bits per heavy atom. The Balaban J connectivity index is 2.64. The Hall–Kier alpha value is -1.48. The van der Waals surface area contributed by atoms with Gasteiger partial charge in [-0.1, -0.05) is 25.1 Å². The lowest BCUT2D eigenvalue weighted by atomic mass is 10.2. The van der Waals surface area contributed by atoms with Crippen LogP contribution in [-0.4, -0.2) is 26.8 Å². The highest BCUT2D eigenvalue weighted by Gasteiger charge is 2.04. The highest BCUT2D eigenvalue weighted by molar-refractivity contribution is 5.55. The van der Waals surface area contributed by atoms with Crippen LogP contribution in [0.1, 0.15) is 19.4 Å². The smallest absolute Gasteiger partial charge is 0.161 e. The van der Waals surface area contributed by atoms with Crippen LogP contribution in [0.5, 0.6) is 11.5 Å². The van der Waals surface area contributed by atoms with Crippen molar-refractivity contribution in [3.63, 3.8) is 0 Å². The van der Waals surface area contributed by atoms with E-state index in [1.54, 1.807) is 7.11 Å². The van der Waals surface area contributed by atoms with Gasteiger partial charge in [-0.3, -0.25) is 0 Å². The first-order valence-electron chi connectivity index (χ1n) is 5.96. The second kappa shape index (κ2) is 7.74. The molecule has 0 atom stereocenters. The number of rotatable bonds is 7. The van der Waals surface area contributed by atoms with E-state index in [9.17, 15) is 0 Å². The Kier molecular flexibility index (Phi) is 6.18. The third-order valence-electron chi connectivity index (χ3n) is 2.33. The molecule has 94 valence electrons. The molecule has 0 amide bonds. The standard InChI is InChI=1S/C14H21NO2/c1-4-6-12-7-8-13(14(11-12)16-3)17-10-9-15-5-2/h4,6-8,11,15H,5,9-10H2,1-3H3/b6-4+. The summed E-state index contributed by atoms with van der Waals surface area (Å²) in [7, 11) is 1.66. The molecule has 1 rings (SSSR count). The lowest BCUT2D eigenvalue weighted by Crippen LogP contribution is -2.20. The molecule has 0 bridgehead atoms. The maximum Gasteiger partial charge on any atom is 0.161 e. The summed E-state index contributed by atoms with van der Waals surface area (Å²) in [5, 5.41) is 3.21. The molecule has 0 aliphatic carbocycles. The summed E-state index contributed by atoms with van der Waals surface area (Å²) >= 11 is 0. The monoisotopic (exact) mass is 235 g/mol. The molecule has 0 unspecified atom stereocenters. The van der Waals surface area contributed by atoms with Crippen LogP contribution in [0.4, 0.5) is 0 Å². The molecular weight excluding hydrogens is 214 g/mol. The van der Waals surface area contributed by atoms with Crippen molar-refractivity contribution in [2.75, 3.05) is 26.8 Å². The fourth-order valence-electron chi connectivity index (χ4n) is 1.51. The van der Waals surface area contributed by atoms with E-state index in [1.165, 1.54) is 0 Å². The van der Waals surface area contributed by atoms with Gasteiger partial charge < -0.3 is 14.8 Å². The summed E-state index contributed by atoms with van der Waals surface area (Å²) < 4.78 is 11.0. The Bertz CT molecular complexity index is 361. The highest BCUT2D eigenvalue weighted by Crippen LogP contribution is 2.28. The van der Waals surface area contributed by atoms with Crippen molar-refractivity contribution in [2.24, 2.45) is 0 Å². The average Bonchev–Trinajstić information content (AvgIpc) is 2.36. The molecule has 1 aromatic carbocycles. The number of likely N-dealkylation sites (N-methyl/N-ethyl adjacent to an activating group) is 1. The first-order valence-corrected chi connectivity index (χ1v) is 5.96. The second-order valence-corrected chi connectivity index (χ2v) is 3.61. The third-order valence-corrected chi connectivity index (χ3v) is 2.33. The summed E-state index contributed by atoms with van der Waals surface area (Å²) in [6.07, 6.45) is 4.03. The van der Waals surface area contributed by atoms with Gasteiger partial charge in [0.15, 0.2) is 11.5 Å². The van der Waals surface area contributed by atoms with Crippen LogP contribution >= 0.6 is 0 Å². The molecule has 0 heterocycles. The van der Waals surface area contributed by atoms with Crippen molar-refractivity contribution in [3.8, 4) is 11.5 Å². The van der Waals surface area contributed by atoms with Gasteiger partial charge in [-0.15, -0.1) is 0 Å². The van der Waals surface area contributed by atoms with E-state index >= 15 is 0 Å². The van der Waals surface area contributed by atoms with Gasteiger partial charge in [0.05, 0.1) is 7.11 Å². The first-order chi connectivity index (χ1) is 8.31. The molecule has 1 aromatic rings. The van der Waals surface area contributed by atoms with E-state index in [2.05, 4.69) is 12.2 Å². The predicted octanol–water partition coefficient (Wildman–Crippen LogP) is 2.72. The van der Waals surface area contributed by atoms with Crippen molar-refractivity contribution in [3.05, 3.63) is 29.8 Å².